The van der Waals surface area contributed by atoms with Crippen LogP contribution in [0.25, 0.3) is 0 Å². The number of hydrazine groups is 1. The van der Waals surface area contributed by atoms with Gasteiger partial charge in [0.25, 0.3) is 0 Å². The molecule has 0 aromatic carbocycles. The highest BCUT2D eigenvalue weighted by molar-refractivity contribution is 5.78. The van der Waals surface area contributed by atoms with Gasteiger partial charge in [0.05, 0.1) is 24.5 Å². The van der Waals surface area contributed by atoms with Gasteiger partial charge in [-0.2, -0.15) is 0 Å². The number of carbonyl (C=O) groups is 4. The highest BCUT2D eigenvalue weighted by atomic mass is 16.4. The van der Waals surface area contributed by atoms with Crippen molar-refractivity contribution in [2.45, 2.75) is 38.4 Å². The summed E-state index contributed by atoms with van der Waals surface area (Å²) in [5.41, 5.74) is 3.78. The van der Waals surface area contributed by atoms with Crippen LogP contribution in [0.1, 0.15) is 30.7 Å². The first-order chi connectivity index (χ1) is 17.3. The average Bonchev–Trinajstić information content (AvgIpc) is 2.82. The molecule has 1 aromatic rings. The zero-order valence-corrected chi connectivity index (χ0v) is 20.5. The summed E-state index contributed by atoms with van der Waals surface area (Å²) in [7, 11) is 0. The monoisotopic (exact) mass is 507 g/mol. The summed E-state index contributed by atoms with van der Waals surface area (Å²) in [6, 6.07) is 4.70. The Morgan fingerprint density at radius 2 is 1.69 bits per heavy atom. The molecule has 1 unspecified atom stereocenters. The van der Waals surface area contributed by atoms with Crippen molar-refractivity contribution in [3.63, 3.8) is 0 Å². The van der Waals surface area contributed by atoms with E-state index in [9.17, 15) is 24.3 Å². The molecule has 1 aliphatic rings. The van der Waals surface area contributed by atoms with Crippen LogP contribution in [0.2, 0.25) is 0 Å². The summed E-state index contributed by atoms with van der Waals surface area (Å²) >= 11 is 0. The van der Waals surface area contributed by atoms with Gasteiger partial charge in [0.2, 0.25) is 5.91 Å². The van der Waals surface area contributed by atoms with E-state index in [0.717, 1.165) is 17.7 Å². The van der Waals surface area contributed by atoms with Crippen molar-refractivity contribution in [1.29, 1.82) is 0 Å². The highest BCUT2D eigenvalue weighted by Gasteiger charge is 2.18. The van der Waals surface area contributed by atoms with E-state index < -0.39 is 18.0 Å². The van der Waals surface area contributed by atoms with Gasteiger partial charge in [-0.25, -0.2) is 5.43 Å². The Morgan fingerprint density at radius 1 is 1.06 bits per heavy atom. The van der Waals surface area contributed by atoms with Gasteiger partial charge in [-0.1, -0.05) is 6.07 Å². The zero-order chi connectivity index (χ0) is 26.3. The maximum Gasteiger partial charge on any atom is 0.322 e. The first-order valence-corrected chi connectivity index (χ1v) is 12.0. The fourth-order valence-corrected chi connectivity index (χ4v) is 3.98. The van der Waals surface area contributed by atoms with Crippen molar-refractivity contribution >= 4 is 24.1 Å². The van der Waals surface area contributed by atoms with Crippen LogP contribution in [0.5, 0.6) is 0 Å². The molecule has 1 aliphatic heterocycles. The number of fused-ring (bicyclic) bond motifs is 2. The maximum atomic E-state index is 12.0. The Morgan fingerprint density at radius 3 is 2.31 bits per heavy atom. The van der Waals surface area contributed by atoms with E-state index in [2.05, 4.69) is 20.6 Å². The number of amides is 1. The molecule has 200 valence electrons. The first kappa shape index (κ1) is 29.3. The molecule has 2 rings (SSSR count). The van der Waals surface area contributed by atoms with E-state index in [1.165, 1.54) is 0 Å². The smallest absolute Gasteiger partial charge is 0.322 e. The number of hydrogen-bond donors (Lipinski definition) is 5. The molecule has 0 fully saturated rings. The molecule has 0 radical (unpaired) electrons. The minimum atomic E-state index is -1.11. The zero-order valence-electron chi connectivity index (χ0n) is 20.5. The number of nitrogens with one attached hydrogen (secondary N) is 2. The van der Waals surface area contributed by atoms with Crippen molar-refractivity contribution in [2.24, 2.45) is 5.84 Å². The molecule has 0 saturated carbocycles. The van der Waals surface area contributed by atoms with E-state index in [1.807, 2.05) is 28.0 Å². The SMILES string of the molecule is NNC(CCC(=O)NCCCN1CCN(CC=O)Cc2cccc(n2)CN(CC(=O)O)CC1)C(=O)O. The van der Waals surface area contributed by atoms with Crippen LogP contribution in [0.3, 0.4) is 0 Å². The van der Waals surface area contributed by atoms with E-state index in [1.54, 1.807) is 0 Å². The molecule has 0 aliphatic carbocycles. The Hall–Kier alpha value is -2.97. The summed E-state index contributed by atoms with van der Waals surface area (Å²) in [5, 5.41) is 21.1. The van der Waals surface area contributed by atoms with Gasteiger partial charge in [-0.05, 0) is 31.5 Å². The number of hydrogen-bond acceptors (Lipinski definition) is 10. The van der Waals surface area contributed by atoms with E-state index in [0.29, 0.717) is 58.8 Å². The molecular formula is C23H37N7O6. The molecule has 6 N–H and O–H groups in total. The number of carboxylic acid groups (broad SMARTS) is 2. The summed E-state index contributed by atoms with van der Waals surface area (Å²) in [6.07, 6.45) is 1.67. The van der Waals surface area contributed by atoms with E-state index >= 15 is 0 Å². The third kappa shape index (κ3) is 11.2. The second-order valence-corrected chi connectivity index (χ2v) is 8.77. The average molecular weight is 508 g/mol. The van der Waals surface area contributed by atoms with Crippen LogP contribution >= 0.6 is 0 Å². The summed E-state index contributed by atoms with van der Waals surface area (Å²) in [5.74, 6) is 2.92. The summed E-state index contributed by atoms with van der Waals surface area (Å²) in [6.45, 7) is 4.67. The topological polar surface area (TPSA) is 181 Å². The molecule has 13 heteroatoms. The lowest BCUT2D eigenvalue weighted by Crippen LogP contribution is -2.43. The predicted octanol–water partition coefficient (Wildman–Crippen LogP) is -1.51. The molecule has 0 spiro atoms. The fraction of sp³-hybridized carbons (Fsp3) is 0.609. The second kappa shape index (κ2) is 15.9. The number of carboxylic acids is 2. The molecule has 13 nitrogen and oxygen atoms in total. The Balaban J connectivity index is 1.94. The predicted molar refractivity (Wildman–Crippen MR) is 131 cm³/mol. The third-order valence-electron chi connectivity index (χ3n) is 5.92. The van der Waals surface area contributed by atoms with Crippen molar-refractivity contribution in [1.82, 2.24) is 30.4 Å². The van der Waals surface area contributed by atoms with E-state index in [-0.39, 0.29) is 31.8 Å². The Kier molecular flexibility index (Phi) is 12.9. The number of rotatable bonds is 13. The Labute approximate surface area is 210 Å². The first-order valence-electron chi connectivity index (χ1n) is 12.0. The van der Waals surface area contributed by atoms with Crippen LogP contribution in [0, 0.1) is 0 Å². The Bertz CT molecular complexity index is 871. The van der Waals surface area contributed by atoms with Gasteiger partial charge in [-0.15, -0.1) is 0 Å². The minimum Gasteiger partial charge on any atom is -0.480 e. The number of carbonyl (C=O) groups excluding carboxylic acids is 2. The quantitative estimate of drug-likeness (QED) is 0.0902. The van der Waals surface area contributed by atoms with Crippen LogP contribution in [-0.4, -0.2) is 112 Å². The van der Waals surface area contributed by atoms with Crippen molar-refractivity contribution in [2.75, 3.05) is 52.4 Å². The normalized spacial score (nSPS) is 16.9. The van der Waals surface area contributed by atoms with Crippen LogP contribution < -0.4 is 16.6 Å². The largest absolute Gasteiger partial charge is 0.480 e. The molecule has 2 bridgehead atoms. The molecule has 2 heterocycles. The van der Waals surface area contributed by atoms with Crippen molar-refractivity contribution in [3.05, 3.63) is 29.6 Å². The van der Waals surface area contributed by atoms with E-state index in [4.69, 9.17) is 10.9 Å². The lowest BCUT2D eigenvalue weighted by Gasteiger charge is -2.30. The van der Waals surface area contributed by atoms with Gasteiger partial charge in [0.1, 0.15) is 12.3 Å². The van der Waals surface area contributed by atoms with Gasteiger partial charge in [0, 0.05) is 52.2 Å². The lowest BCUT2D eigenvalue weighted by atomic mass is 10.1. The lowest BCUT2D eigenvalue weighted by molar-refractivity contribution is -0.140. The number of aliphatic carboxylic acids is 2. The number of nitrogens with two attached hydrogens (primary N) is 1. The third-order valence-corrected chi connectivity index (χ3v) is 5.92. The number of pyridine rings is 1. The van der Waals surface area contributed by atoms with Crippen LogP contribution in [0.4, 0.5) is 0 Å². The van der Waals surface area contributed by atoms with Gasteiger partial charge < -0.3 is 25.2 Å². The second-order valence-electron chi connectivity index (χ2n) is 8.77. The minimum absolute atomic E-state index is 0.0455. The number of aromatic nitrogens is 1. The van der Waals surface area contributed by atoms with Crippen LogP contribution in [-0.2, 0) is 32.3 Å². The van der Waals surface area contributed by atoms with Crippen LogP contribution in [0.15, 0.2) is 18.2 Å². The molecular weight excluding hydrogens is 470 g/mol. The summed E-state index contributed by atoms with van der Waals surface area (Å²) in [4.78, 5) is 56.3. The molecule has 1 amide bonds. The number of nitrogens with zero attached hydrogens (tertiary/aromatic N) is 4. The van der Waals surface area contributed by atoms with Gasteiger partial charge in [0.15, 0.2) is 0 Å². The molecule has 1 atom stereocenters. The highest BCUT2D eigenvalue weighted by Crippen LogP contribution is 2.09. The van der Waals surface area contributed by atoms with Crippen molar-refractivity contribution < 1.29 is 29.4 Å². The molecule has 1 aromatic heterocycles. The summed E-state index contributed by atoms with van der Waals surface area (Å²) < 4.78 is 0. The van der Waals surface area contributed by atoms with Gasteiger partial charge >= 0.3 is 11.9 Å². The standard InChI is InChI=1S/C23H37N7O6/c24-27-20(23(35)36)5-6-21(32)25-7-2-8-28-9-11-29(13-14-31)15-18-3-1-4-19(26-18)16-30(12-10-28)17-22(33)34/h1,3-4,14,20,27H,2,5-13,15-17,24H2,(H,25,32)(H,33,34)(H,35,36). The van der Waals surface area contributed by atoms with Crippen molar-refractivity contribution in [3.8, 4) is 0 Å². The number of aldehydes is 1. The van der Waals surface area contributed by atoms with Gasteiger partial charge in [-0.3, -0.25) is 35.0 Å². The molecule has 0 saturated heterocycles. The maximum absolute atomic E-state index is 12.0. The molecule has 36 heavy (non-hydrogen) atoms. The fourth-order valence-electron chi connectivity index (χ4n) is 3.98.